The molecule has 0 aliphatic carbocycles. The van der Waals surface area contributed by atoms with Gasteiger partial charge in [0.1, 0.15) is 0 Å². The van der Waals surface area contributed by atoms with E-state index in [1.165, 1.54) is 8.61 Å². The van der Waals surface area contributed by atoms with Gasteiger partial charge in [-0.15, -0.1) is 0 Å². The third kappa shape index (κ3) is 4.75. The van der Waals surface area contributed by atoms with E-state index >= 15 is 0 Å². The van der Waals surface area contributed by atoms with Gasteiger partial charge in [0.25, 0.3) is 10.2 Å². The van der Waals surface area contributed by atoms with Crippen LogP contribution in [0.3, 0.4) is 0 Å². The molecule has 1 aromatic rings. The molecule has 3 rings (SSSR count). The number of ether oxygens (including phenoxy) is 1. The van der Waals surface area contributed by atoms with E-state index in [2.05, 4.69) is 5.32 Å². The number of piperidine rings is 1. The van der Waals surface area contributed by atoms with Gasteiger partial charge in [-0.2, -0.15) is 17.0 Å². The number of morpholine rings is 1. The maximum absolute atomic E-state index is 12.8. The molecule has 0 bridgehead atoms. The monoisotopic (exact) mass is 401 g/mol. The predicted molar refractivity (Wildman–Crippen MR) is 98.9 cm³/mol. The van der Waals surface area contributed by atoms with Crippen LogP contribution >= 0.6 is 11.6 Å². The van der Waals surface area contributed by atoms with Crippen LogP contribution in [0.15, 0.2) is 24.3 Å². The Labute approximate surface area is 159 Å². The average Bonchev–Trinajstić information content (AvgIpc) is 2.67. The minimum atomic E-state index is -3.54. The third-order valence-electron chi connectivity index (χ3n) is 4.73. The van der Waals surface area contributed by atoms with Gasteiger partial charge in [-0.05, 0) is 30.5 Å². The Kier molecular flexibility index (Phi) is 6.52. The number of hydrogen-bond donors (Lipinski definition) is 1. The van der Waals surface area contributed by atoms with Gasteiger partial charge in [0.15, 0.2) is 0 Å². The molecule has 0 radical (unpaired) electrons. The van der Waals surface area contributed by atoms with E-state index in [4.69, 9.17) is 16.3 Å². The van der Waals surface area contributed by atoms with E-state index in [9.17, 15) is 13.2 Å². The van der Waals surface area contributed by atoms with E-state index in [1.54, 1.807) is 12.1 Å². The minimum Gasteiger partial charge on any atom is -0.379 e. The van der Waals surface area contributed by atoms with Crippen molar-refractivity contribution in [3.8, 4) is 0 Å². The molecule has 1 amide bonds. The van der Waals surface area contributed by atoms with Crippen LogP contribution in [0, 0.1) is 5.92 Å². The van der Waals surface area contributed by atoms with Gasteiger partial charge in [-0.1, -0.05) is 23.7 Å². The van der Waals surface area contributed by atoms with Crippen LogP contribution in [0.25, 0.3) is 0 Å². The zero-order chi connectivity index (χ0) is 18.6. The summed E-state index contributed by atoms with van der Waals surface area (Å²) in [6.45, 7) is 2.62. The molecule has 0 saturated carbocycles. The van der Waals surface area contributed by atoms with E-state index in [0.717, 1.165) is 5.56 Å². The Morgan fingerprint density at radius 2 is 2.00 bits per heavy atom. The van der Waals surface area contributed by atoms with Crippen molar-refractivity contribution in [1.82, 2.24) is 13.9 Å². The molecule has 2 aliphatic heterocycles. The fourth-order valence-corrected chi connectivity index (χ4v) is 5.17. The van der Waals surface area contributed by atoms with Gasteiger partial charge in [0.2, 0.25) is 5.91 Å². The van der Waals surface area contributed by atoms with E-state index in [1.807, 2.05) is 12.1 Å². The lowest BCUT2D eigenvalue weighted by molar-refractivity contribution is -0.126. The van der Waals surface area contributed by atoms with Gasteiger partial charge in [0, 0.05) is 37.7 Å². The highest BCUT2D eigenvalue weighted by Gasteiger charge is 2.36. The van der Waals surface area contributed by atoms with Crippen LogP contribution < -0.4 is 5.32 Å². The molecule has 9 heteroatoms. The molecule has 2 aliphatic rings. The first-order valence-corrected chi connectivity index (χ1v) is 10.6. The molecule has 2 fully saturated rings. The molecule has 1 N–H and O–H groups in total. The van der Waals surface area contributed by atoms with Crippen molar-refractivity contribution in [2.75, 3.05) is 39.4 Å². The van der Waals surface area contributed by atoms with Crippen LogP contribution in [0.5, 0.6) is 0 Å². The van der Waals surface area contributed by atoms with Crippen LogP contribution in [0.4, 0.5) is 0 Å². The zero-order valence-corrected chi connectivity index (χ0v) is 16.1. The molecule has 0 unspecified atom stereocenters. The second kappa shape index (κ2) is 8.67. The summed E-state index contributed by atoms with van der Waals surface area (Å²) in [4.78, 5) is 12.5. The summed E-state index contributed by atoms with van der Waals surface area (Å²) in [6, 6.07) is 7.31. The lowest BCUT2D eigenvalue weighted by Gasteiger charge is -2.36. The first kappa shape index (κ1) is 19.6. The Hall–Kier alpha value is -1.19. The molecule has 2 saturated heterocycles. The molecule has 0 spiro atoms. The van der Waals surface area contributed by atoms with Gasteiger partial charge in [-0.3, -0.25) is 4.79 Å². The molecule has 144 valence electrons. The largest absolute Gasteiger partial charge is 0.379 e. The summed E-state index contributed by atoms with van der Waals surface area (Å²) in [5.74, 6) is -0.453. The summed E-state index contributed by atoms with van der Waals surface area (Å²) < 4.78 is 33.7. The Morgan fingerprint density at radius 3 is 2.73 bits per heavy atom. The first-order valence-electron chi connectivity index (χ1n) is 8.82. The lowest BCUT2D eigenvalue weighted by Crippen LogP contribution is -2.52. The molecule has 1 atom stereocenters. The number of carbonyl (C=O) groups excluding carboxylic acids is 1. The molecule has 2 heterocycles. The van der Waals surface area contributed by atoms with Crippen molar-refractivity contribution in [3.63, 3.8) is 0 Å². The fourth-order valence-electron chi connectivity index (χ4n) is 3.29. The SMILES string of the molecule is O=C(NCc1cccc(Cl)c1)[C@@H]1CCCN(S(=O)(=O)N2CCOCC2)C1. The maximum atomic E-state index is 12.8. The number of nitrogens with zero attached hydrogens (tertiary/aromatic N) is 2. The number of benzene rings is 1. The van der Waals surface area contributed by atoms with Crippen molar-refractivity contribution in [2.45, 2.75) is 19.4 Å². The summed E-state index contributed by atoms with van der Waals surface area (Å²) in [5.41, 5.74) is 0.916. The molecular weight excluding hydrogens is 378 g/mol. The van der Waals surface area contributed by atoms with Crippen LogP contribution in [0.2, 0.25) is 5.02 Å². The summed E-state index contributed by atoms with van der Waals surface area (Å²) in [6.07, 6.45) is 1.37. The second-order valence-electron chi connectivity index (χ2n) is 6.56. The highest BCUT2D eigenvalue weighted by Crippen LogP contribution is 2.22. The van der Waals surface area contributed by atoms with Gasteiger partial charge in [-0.25, -0.2) is 0 Å². The normalized spacial score (nSPS) is 22.9. The van der Waals surface area contributed by atoms with Crippen molar-refractivity contribution in [2.24, 2.45) is 5.92 Å². The number of carbonyl (C=O) groups is 1. The Morgan fingerprint density at radius 1 is 1.23 bits per heavy atom. The van der Waals surface area contributed by atoms with Crippen LogP contribution in [-0.2, 0) is 26.3 Å². The Bertz CT molecular complexity index is 737. The first-order chi connectivity index (χ1) is 12.5. The van der Waals surface area contributed by atoms with E-state index in [-0.39, 0.29) is 18.4 Å². The number of nitrogens with one attached hydrogen (secondary N) is 1. The van der Waals surface area contributed by atoms with E-state index in [0.29, 0.717) is 57.3 Å². The minimum absolute atomic E-state index is 0.119. The molecule has 7 nitrogen and oxygen atoms in total. The fraction of sp³-hybridized carbons (Fsp3) is 0.588. The summed E-state index contributed by atoms with van der Waals surface area (Å²) in [7, 11) is -3.54. The average molecular weight is 402 g/mol. The number of amides is 1. The molecule has 0 aromatic heterocycles. The van der Waals surface area contributed by atoms with Gasteiger partial charge >= 0.3 is 0 Å². The predicted octanol–water partition coefficient (Wildman–Crippen LogP) is 1.25. The van der Waals surface area contributed by atoms with E-state index < -0.39 is 10.2 Å². The lowest BCUT2D eigenvalue weighted by atomic mass is 9.99. The van der Waals surface area contributed by atoms with Crippen molar-refractivity contribution >= 4 is 27.7 Å². The topological polar surface area (TPSA) is 79.0 Å². The molecular formula is C17H24ClN3O4S. The van der Waals surface area contributed by atoms with Crippen molar-refractivity contribution < 1.29 is 17.9 Å². The van der Waals surface area contributed by atoms with Gasteiger partial charge in [0.05, 0.1) is 19.1 Å². The second-order valence-corrected chi connectivity index (χ2v) is 8.93. The Balaban J connectivity index is 1.58. The van der Waals surface area contributed by atoms with Gasteiger partial charge < -0.3 is 10.1 Å². The number of hydrogen-bond acceptors (Lipinski definition) is 4. The standard InChI is InChI=1S/C17H24ClN3O4S/c18-16-5-1-3-14(11-16)12-19-17(22)15-4-2-6-21(13-15)26(23,24)20-7-9-25-10-8-20/h1,3,5,11,15H,2,4,6-10,12-13H2,(H,19,22)/t15-/m1/s1. The number of halogens is 1. The van der Waals surface area contributed by atoms with Crippen LogP contribution in [-0.4, -0.2) is 62.3 Å². The maximum Gasteiger partial charge on any atom is 0.282 e. The van der Waals surface area contributed by atoms with Crippen molar-refractivity contribution in [3.05, 3.63) is 34.9 Å². The third-order valence-corrected chi connectivity index (χ3v) is 6.97. The molecule has 1 aromatic carbocycles. The summed E-state index contributed by atoms with van der Waals surface area (Å²) in [5, 5.41) is 3.52. The highest BCUT2D eigenvalue weighted by atomic mass is 35.5. The smallest absolute Gasteiger partial charge is 0.282 e. The zero-order valence-electron chi connectivity index (χ0n) is 14.6. The van der Waals surface area contributed by atoms with Crippen molar-refractivity contribution in [1.29, 1.82) is 0 Å². The number of rotatable bonds is 5. The van der Waals surface area contributed by atoms with Crippen LogP contribution in [0.1, 0.15) is 18.4 Å². The molecule has 26 heavy (non-hydrogen) atoms. The summed E-state index contributed by atoms with van der Waals surface area (Å²) >= 11 is 5.95. The highest BCUT2D eigenvalue weighted by molar-refractivity contribution is 7.86. The quantitative estimate of drug-likeness (QED) is 0.805.